The average Bonchev–Trinajstić information content (AvgIpc) is 3.39. The number of carboxylic acids is 1. The Morgan fingerprint density at radius 2 is 1.97 bits per heavy atom. The molecule has 3 N–H and O–H groups in total. The summed E-state index contributed by atoms with van der Waals surface area (Å²) in [5, 5.41) is 19.1. The summed E-state index contributed by atoms with van der Waals surface area (Å²) in [5.41, 5.74) is 7.11. The van der Waals surface area contributed by atoms with Crippen LogP contribution in [-0.2, 0) is 4.79 Å². The van der Waals surface area contributed by atoms with E-state index in [0.717, 1.165) is 6.42 Å². The van der Waals surface area contributed by atoms with Crippen molar-refractivity contribution in [3.05, 3.63) is 53.8 Å². The molecule has 2 aromatic heterocycles. The van der Waals surface area contributed by atoms with Crippen LogP contribution >= 0.6 is 0 Å². The van der Waals surface area contributed by atoms with Crippen molar-refractivity contribution in [1.82, 2.24) is 20.0 Å². The number of aromatic nitrogens is 4. The zero-order valence-corrected chi connectivity index (χ0v) is 16.9. The van der Waals surface area contributed by atoms with Crippen molar-refractivity contribution < 1.29 is 19.1 Å². The predicted octanol–water partition coefficient (Wildman–Crippen LogP) is 2.51. The Bertz CT molecular complexity index is 1390. The Morgan fingerprint density at radius 3 is 2.72 bits per heavy atom. The summed E-state index contributed by atoms with van der Waals surface area (Å²) in [6, 6.07) is 10.8. The number of hydrogen-bond acceptors (Lipinski definition) is 6. The lowest BCUT2D eigenvalue weighted by Gasteiger charge is -2.19. The summed E-state index contributed by atoms with van der Waals surface area (Å²) < 4.78 is 13.6. The fraction of sp³-hybridized carbons (Fsp3) is 0.227. The van der Waals surface area contributed by atoms with Gasteiger partial charge in [-0.2, -0.15) is 4.80 Å². The van der Waals surface area contributed by atoms with Gasteiger partial charge >= 0.3 is 5.97 Å². The maximum absolute atomic E-state index is 13.6. The molecular weight excluding hydrogens is 415 g/mol. The van der Waals surface area contributed by atoms with Crippen molar-refractivity contribution in [3.63, 3.8) is 0 Å². The second-order valence-electron chi connectivity index (χ2n) is 7.90. The van der Waals surface area contributed by atoms with E-state index < -0.39 is 11.8 Å². The number of nitrogens with two attached hydrogens (primary N) is 1. The van der Waals surface area contributed by atoms with E-state index in [0.29, 0.717) is 53.0 Å². The van der Waals surface area contributed by atoms with Crippen LogP contribution < -0.4 is 10.6 Å². The quantitative estimate of drug-likeness (QED) is 0.494. The second kappa shape index (κ2) is 7.56. The number of nitrogens with zero attached hydrogens (tertiary/aromatic N) is 5. The summed E-state index contributed by atoms with van der Waals surface area (Å²) in [4.78, 5) is 31.3. The molecular formula is C22H19FN6O3. The molecule has 4 aromatic rings. The first-order valence-corrected chi connectivity index (χ1v) is 10.1. The van der Waals surface area contributed by atoms with Crippen molar-refractivity contribution in [2.75, 3.05) is 18.0 Å². The molecule has 0 saturated carbocycles. The number of primary amides is 1. The van der Waals surface area contributed by atoms with Crippen LogP contribution in [0.3, 0.4) is 0 Å². The number of pyridine rings is 1. The zero-order valence-electron chi connectivity index (χ0n) is 16.9. The van der Waals surface area contributed by atoms with E-state index >= 15 is 0 Å². The minimum atomic E-state index is -1.11. The molecule has 0 radical (unpaired) electrons. The lowest BCUT2D eigenvalue weighted by Crippen LogP contribution is -2.23. The maximum Gasteiger partial charge on any atom is 0.336 e. The summed E-state index contributed by atoms with van der Waals surface area (Å²) in [7, 11) is 0. The zero-order chi connectivity index (χ0) is 22.4. The molecule has 10 heteroatoms. The van der Waals surface area contributed by atoms with E-state index in [1.165, 1.54) is 23.0 Å². The molecule has 0 bridgehead atoms. The molecule has 9 nitrogen and oxygen atoms in total. The number of rotatable bonds is 5. The third kappa shape index (κ3) is 3.49. The third-order valence-electron chi connectivity index (χ3n) is 5.68. The lowest BCUT2D eigenvalue weighted by atomic mass is 10.1. The molecule has 3 heterocycles. The van der Waals surface area contributed by atoms with Gasteiger partial charge in [-0.25, -0.2) is 14.2 Å². The summed E-state index contributed by atoms with van der Waals surface area (Å²) in [5.74, 6) is -1.24. The minimum absolute atomic E-state index is 0.0558. The molecule has 162 valence electrons. The molecule has 1 aliphatic rings. The van der Waals surface area contributed by atoms with Gasteiger partial charge < -0.3 is 15.7 Å². The van der Waals surface area contributed by atoms with Gasteiger partial charge in [-0.3, -0.25) is 4.79 Å². The Balaban J connectivity index is 1.62. The number of amides is 1. The fourth-order valence-corrected chi connectivity index (χ4v) is 4.22. The van der Waals surface area contributed by atoms with Gasteiger partial charge in [0.05, 0.1) is 16.8 Å². The maximum atomic E-state index is 13.6. The molecule has 1 amide bonds. The highest BCUT2D eigenvalue weighted by atomic mass is 19.1. The van der Waals surface area contributed by atoms with Gasteiger partial charge in [-0.1, -0.05) is 6.07 Å². The third-order valence-corrected chi connectivity index (χ3v) is 5.68. The van der Waals surface area contributed by atoms with Crippen molar-refractivity contribution >= 4 is 39.6 Å². The molecule has 1 atom stereocenters. The molecule has 1 aliphatic heterocycles. The number of carboxylic acid groups (broad SMARTS) is 1. The van der Waals surface area contributed by atoms with Crippen LogP contribution in [-0.4, -0.2) is 50.1 Å². The van der Waals surface area contributed by atoms with Crippen molar-refractivity contribution in [2.24, 2.45) is 11.7 Å². The van der Waals surface area contributed by atoms with Crippen LogP contribution in [0, 0.1) is 11.7 Å². The number of halogens is 1. The van der Waals surface area contributed by atoms with Crippen LogP contribution in [0.4, 0.5) is 10.2 Å². The molecule has 1 saturated heterocycles. The Morgan fingerprint density at radius 1 is 1.16 bits per heavy atom. The molecule has 2 aromatic carbocycles. The van der Waals surface area contributed by atoms with Gasteiger partial charge in [0, 0.05) is 31.0 Å². The Hall–Kier alpha value is -4.08. The van der Waals surface area contributed by atoms with Gasteiger partial charge in [0.25, 0.3) is 0 Å². The topological polar surface area (TPSA) is 127 Å². The van der Waals surface area contributed by atoms with E-state index in [4.69, 9.17) is 5.73 Å². The minimum Gasteiger partial charge on any atom is -0.478 e. The summed E-state index contributed by atoms with van der Waals surface area (Å²) in [6.45, 7) is 1.24. The van der Waals surface area contributed by atoms with E-state index in [2.05, 4.69) is 15.2 Å². The van der Waals surface area contributed by atoms with E-state index in [1.54, 1.807) is 24.3 Å². The number of carbonyl (C=O) groups is 2. The molecule has 1 unspecified atom stereocenters. The van der Waals surface area contributed by atoms with Crippen LogP contribution in [0.2, 0.25) is 0 Å². The van der Waals surface area contributed by atoms with Gasteiger partial charge in [0.15, 0.2) is 0 Å². The number of benzene rings is 2. The normalized spacial score (nSPS) is 16.2. The number of anilines is 1. The van der Waals surface area contributed by atoms with E-state index in [1.807, 2.05) is 4.90 Å². The number of aromatic carboxylic acids is 1. The first kappa shape index (κ1) is 19.9. The molecule has 0 aliphatic carbocycles. The summed E-state index contributed by atoms with van der Waals surface area (Å²) in [6.07, 6.45) is 1.08. The van der Waals surface area contributed by atoms with Crippen LogP contribution in [0.25, 0.3) is 27.6 Å². The summed E-state index contributed by atoms with van der Waals surface area (Å²) >= 11 is 0. The fourth-order valence-electron chi connectivity index (χ4n) is 4.22. The Kier molecular flexibility index (Phi) is 4.69. The Labute approximate surface area is 181 Å². The largest absolute Gasteiger partial charge is 0.478 e. The molecule has 1 fully saturated rings. The highest BCUT2D eigenvalue weighted by Gasteiger charge is 2.27. The second-order valence-corrected chi connectivity index (χ2v) is 7.90. The van der Waals surface area contributed by atoms with Gasteiger partial charge in [-0.15, -0.1) is 10.2 Å². The van der Waals surface area contributed by atoms with Gasteiger partial charge in [-0.05, 0) is 42.7 Å². The first-order valence-electron chi connectivity index (χ1n) is 10.1. The monoisotopic (exact) mass is 434 g/mol. The smallest absolute Gasteiger partial charge is 0.336 e. The number of carbonyl (C=O) groups excluding carboxylic acids is 1. The van der Waals surface area contributed by atoms with Crippen LogP contribution in [0.1, 0.15) is 23.2 Å². The number of hydrogen-bond donors (Lipinski definition) is 2. The van der Waals surface area contributed by atoms with E-state index in [9.17, 15) is 19.1 Å². The highest BCUT2D eigenvalue weighted by molar-refractivity contribution is 6.13. The van der Waals surface area contributed by atoms with Crippen LogP contribution in [0.15, 0.2) is 42.5 Å². The van der Waals surface area contributed by atoms with Gasteiger partial charge in [0.2, 0.25) is 5.91 Å². The SMILES string of the molecule is NC(=O)CC1CCN(c2cc(C(=O)O)c3c(ccc4nn(-c5cccc(F)c5)nc43)n2)C1. The van der Waals surface area contributed by atoms with Crippen molar-refractivity contribution in [1.29, 1.82) is 0 Å². The predicted molar refractivity (Wildman–Crippen MR) is 115 cm³/mol. The molecule has 5 rings (SSSR count). The van der Waals surface area contributed by atoms with Crippen molar-refractivity contribution in [3.8, 4) is 5.69 Å². The van der Waals surface area contributed by atoms with Gasteiger partial charge in [0.1, 0.15) is 22.7 Å². The lowest BCUT2D eigenvalue weighted by molar-refractivity contribution is -0.118. The van der Waals surface area contributed by atoms with E-state index in [-0.39, 0.29) is 17.4 Å². The molecule has 32 heavy (non-hydrogen) atoms. The first-order chi connectivity index (χ1) is 15.4. The molecule has 0 spiro atoms. The number of fused-ring (bicyclic) bond motifs is 3. The van der Waals surface area contributed by atoms with Crippen LogP contribution in [0.5, 0.6) is 0 Å². The standard InChI is InChI=1S/C22H19FN6O3/c23-13-2-1-3-14(9-13)29-26-17-5-4-16-20(21(17)27-29)15(22(31)32)10-19(25-16)28-7-6-12(11-28)8-18(24)30/h1-5,9-10,12H,6-8,11H2,(H2,24,30)(H,31,32). The highest BCUT2D eigenvalue weighted by Crippen LogP contribution is 2.31. The average molecular weight is 434 g/mol. The van der Waals surface area contributed by atoms with Crippen molar-refractivity contribution in [2.45, 2.75) is 12.8 Å².